The lowest BCUT2D eigenvalue weighted by molar-refractivity contribution is 0.00928. The van der Waals surface area contributed by atoms with Gasteiger partial charge in [-0.3, -0.25) is 4.99 Å². The van der Waals surface area contributed by atoms with Crippen LogP contribution in [0.5, 0.6) is 0 Å². The van der Waals surface area contributed by atoms with Crippen LogP contribution in [0.25, 0.3) is 0 Å². The molecule has 156 valence electrons. The molecule has 2 aliphatic rings. The second kappa shape index (κ2) is 10.4. The largest absolute Gasteiger partial charge is 0.444 e. The van der Waals surface area contributed by atoms with Crippen molar-refractivity contribution in [3.63, 3.8) is 0 Å². The van der Waals surface area contributed by atoms with E-state index in [-0.39, 0.29) is 12.1 Å². The summed E-state index contributed by atoms with van der Waals surface area (Å²) < 4.78 is 5.69. The average molecular weight is 399 g/mol. The zero-order valence-electron chi connectivity index (χ0n) is 17.8. The molecular formula is C20H38N4O2S. The minimum absolute atomic E-state index is 0.146. The van der Waals surface area contributed by atoms with Crippen LogP contribution in [0.1, 0.15) is 52.9 Å². The summed E-state index contributed by atoms with van der Waals surface area (Å²) in [6, 6.07) is 0.270. The van der Waals surface area contributed by atoms with E-state index in [2.05, 4.69) is 21.5 Å². The van der Waals surface area contributed by atoms with Crippen molar-refractivity contribution in [2.75, 3.05) is 45.2 Å². The predicted octanol–water partition coefficient (Wildman–Crippen LogP) is 3.43. The standard InChI is InChI=1S/C20H38N4O2S/c1-20(2,3)26-19(25)24(15-16-7-8-16)17-9-12-23(13-10-17)18(21-4)22-11-6-14-27-5/h16-17H,6-15H2,1-5H3,(H,21,22). The van der Waals surface area contributed by atoms with Crippen molar-refractivity contribution >= 4 is 23.8 Å². The number of guanidine groups is 1. The number of thioether (sulfide) groups is 1. The Morgan fingerprint density at radius 2 is 1.93 bits per heavy atom. The SMILES string of the molecule is CN=C(NCCCSC)N1CCC(N(CC2CC2)C(=O)OC(C)(C)C)CC1. The lowest BCUT2D eigenvalue weighted by Crippen LogP contribution is -2.52. The molecule has 1 aliphatic heterocycles. The van der Waals surface area contributed by atoms with Crippen LogP contribution in [0.4, 0.5) is 4.79 Å². The van der Waals surface area contributed by atoms with Gasteiger partial charge in [0.2, 0.25) is 0 Å². The summed E-state index contributed by atoms with van der Waals surface area (Å²) in [5.41, 5.74) is -0.442. The molecular weight excluding hydrogens is 360 g/mol. The number of piperidine rings is 1. The van der Waals surface area contributed by atoms with Crippen molar-refractivity contribution in [2.45, 2.75) is 64.5 Å². The minimum atomic E-state index is -0.442. The van der Waals surface area contributed by atoms with Gasteiger partial charge in [0.25, 0.3) is 0 Å². The molecule has 7 heteroatoms. The summed E-state index contributed by atoms with van der Waals surface area (Å²) in [5.74, 6) is 2.82. The molecule has 0 radical (unpaired) electrons. The van der Waals surface area contributed by atoms with Crippen LogP contribution >= 0.6 is 11.8 Å². The van der Waals surface area contributed by atoms with Crippen LogP contribution in [0.2, 0.25) is 0 Å². The number of rotatable bonds is 7. The molecule has 1 N–H and O–H groups in total. The maximum atomic E-state index is 12.7. The fourth-order valence-electron chi connectivity index (χ4n) is 3.41. The number of carbonyl (C=O) groups excluding carboxylic acids is 1. The van der Waals surface area contributed by atoms with Crippen molar-refractivity contribution in [3.8, 4) is 0 Å². The number of nitrogens with one attached hydrogen (secondary N) is 1. The molecule has 0 aromatic rings. The highest BCUT2D eigenvalue weighted by molar-refractivity contribution is 7.98. The molecule has 1 aliphatic carbocycles. The molecule has 1 amide bonds. The van der Waals surface area contributed by atoms with E-state index in [1.165, 1.54) is 12.8 Å². The Morgan fingerprint density at radius 3 is 2.44 bits per heavy atom. The Balaban J connectivity index is 1.87. The van der Waals surface area contributed by atoms with Gasteiger partial charge in [-0.2, -0.15) is 11.8 Å². The van der Waals surface area contributed by atoms with Crippen LogP contribution in [0.3, 0.4) is 0 Å². The van der Waals surface area contributed by atoms with Crippen molar-refractivity contribution in [2.24, 2.45) is 10.9 Å². The van der Waals surface area contributed by atoms with Crippen LogP contribution in [-0.4, -0.2) is 78.7 Å². The van der Waals surface area contributed by atoms with Crippen molar-refractivity contribution in [1.29, 1.82) is 0 Å². The molecule has 0 spiro atoms. The van der Waals surface area contributed by atoms with Crippen molar-refractivity contribution < 1.29 is 9.53 Å². The Hall–Kier alpha value is -1.11. The molecule has 2 fully saturated rings. The van der Waals surface area contributed by atoms with Crippen LogP contribution < -0.4 is 5.32 Å². The van der Waals surface area contributed by atoms with Crippen LogP contribution in [0.15, 0.2) is 4.99 Å². The lowest BCUT2D eigenvalue weighted by atomic mass is 10.0. The highest BCUT2D eigenvalue weighted by Gasteiger charge is 2.35. The normalized spacial score (nSPS) is 19.1. The first-order chi connectivity index (χ1) is 12.8. The first-order valence-electron chi connectivity index (χ1n) is 10.3. The van der Waals surface area contributed by atoms with E-state index < -0.39 is 5.60 Å². The first-order valence-corrected chi connectivity index (χ1v) is 11.7. The highest BCUT2D eigenvalue weighted by atomic mass is 32.2. The van der Waals surface area contributed by atoms with E-state index in [1.807, 2.05) is 44.5 Å². The third-order valence-corrected chi connectivity index (χ3v) is 5.70. The molecule has 1 saturated carbocycles. The van der Waals surface area contributed by atoms with E-state index in [1.54, 1.807) is 0 Å². The summed E-state index contributed by atoms with van der Waals surface area (Å²) in [6.07, 6.45) is 7.56. The molecule has 0 aromatic carbocycles. The van der Waals surface area contributed by atoms with E-state index in [4.69, 9.17) is 4.74 Å². The Morgan fingerprint density at radius 1 is 1.26 bits per heavy atom. The monoisotopic (exact) mass is 398 g/mol. The third-order valence-electron chi connectivity index (χ3n) is 5.00. The van der Waals surface area contributed by atoms with E-state index in [0.717, 1.165) is 57.2 Å². The van der Waals surface area contributed by atoms with Gasteiger partial charge >= 0.3 is 6.09 Å². The predicted molar refractivity (Wildman–Crippen MR) is 115 cm³/mol. The zero-order chi connectivity index (χ0) is 19.9. The molecule has 0 aromatic heterocycles. The average Bonchev–Trinajstić information content (AvgIpc) is 3.43. The highest BCUT2D eigenvalue weighted by Crippen LogP contribution is 2.32. The minimum Gasteiger partial charge on any atom is -0.444 e. The summed E-state index contributed by atoms with van der Waals surface area (Å²) >= 11 is 1.87. The summed E-state index contributed by atoms with van der Waals surface area (Å²) in [7, 11) is 1.85. The van der Waals surface area contributed by atoms with E-state index in [0.29, 0.717) is 5.92 Å². The fraction of sp³-hybridized carbons (Fsp3) is 0.900. The van der Waals surface area contributed by atoms with Gasteiger partial charge in [-0.25, -0.2) is 4.79 Å². The zero-order valence-corrected chi connectivity index (χ0v) is 18.6. The Bertz CT molecular complexity index is 495. The van der Waals surface area contributed by atoms with Crippen LogP contribution in [-0.2, 0) is 4.74 Å². The van der Waals surface area contributed by atoms with Gasteiger partial charge in [-0.1, -0.05) is 0 Å². The van der Waals surface area contributed by atoms with Gasteiger partial charge in [0.15, 0.2) is 5.96 Å². The maximum Gasteiger partial charge on any atom is 0.410 e. The number of aliphatic imine (C=N–C) groups is 1. The van der Waals surface area contributed by atoms with Gasteiger partial charge < -0.3 is 19.9 Å². The molecule has 2 rings (SSSR count). The third kappa shape index (κ3) is 7.80. The summed E-state index contributed by atoms with van der Waals surface area (Å²) in [5, 5.41) is 3.47. The number of hydrogen-bond acceptors (Lipinski definition) is 4. The Kier molecular flexibility index (Phi) is 8.58. The molecule has 1 saturated heterocycles. The van der Waals surface area contributed by atoms with E-state index >= 15 is 0 Å². The summed E-state index contributed by atoms with van der Waals surface area (Å²) in [4.78, 5) is 21.5. The van der Waals surface area contributed by atoms with Gasteiger partial charge in [0.1, 0.15) is 5.60 Å². The number of amides is 1. The second-order valence-electron chi connectivity index (χ2n) is 8.61. The molecule has 1 heterocycles. The number of hydrogen-bond donors (Lipinski definition) is 1. The molecule has 6 nitrogen and oxygen atoms in total. The number of likely N-dealkylation sites (tertiary alicyclic amines) is 1. The number of ether oxygens (including phenoxy) is 1. The van der Waals surface area contributed by atoms with Gasteiger partial charge in [0, 0.05) is 39.3 Å². The molecule has 0 unspecified atom stereocenters. The topological polar surface area (TPSA) is 57.2 Å². The first kappa shape index (κ1) is 22.2. The van der Waals surface area contributed by atoms with Crippen molar-refractivity contribution in [1.82, 2.24) is 15.1 Å². The van der Waals surface area contributed by atoms with Gasteiger partial charge in [-0.05, 0) is 70.8 Å². The van der Waals surface area contributed by atoms with Crippen LogP contribution in [0, 0.1) is 5.92 Å². The lowest BCUT2D eigenvalue weighted by Gasteiger charge is -2.40. The van der Waals surface area contributed by atoms with Gasteiger partial charge in [-0.15, -0.1) is 0 Å². The van der Waals surface area contributed by atoms with Gasteiger partial charge in [0.05, 0.1) is 0 Å². The molecule has 0 atom stereocenters. The number of carbonyl (C=O) groups is 1. The maximum absolute atomic E-state index is 12.7. The fourth-order valence-corrected chi connectivity index (χ4v) is 3.84. The van der Waals surface area contributed by atoms with Crippen molar-refractivity contribution in [3.05, 3.63) is 0 Å². The smallest absolute Gasteiger partial charge is 0.410 e. The summed E-state index contributed by atoms with van der Waals surface area (Å²) in [6.45, 7) is 9.48. The second-order valence-corrected chi connectivity index (χ2v) is 9.60. The molecule has 0 bridgehead atoms. The molecule has 27 heavy (non-hydrogen) atoms. The van der Waals surface area contributed by atoms with E-state index in [9.17, 15) is 4.79 Å². The number of nitrogens with zero attached hydrogens (tertiary/aromatic N) is 3. The Labute approximate surface area is 169 Å². The quantitative estimate of drug-likeness (QED) is 0.404.